The van der Waals surface area contributed by atoms with Crippen LogP contribution < -0.4 is 15.5 Å². The number of halogens is 2. The zero-order valence-electron chi connectivity index (χ0n) is 13.4. The third-order valence-corrected chi connectivity index (χ3v) is 4.80. The van der Waals surface area contributed by atoms with Crippen molar-refractivity contribution in [3.63, 3.8) is 0 Å². The number of hydrogen-bond donors (Lipinski definition) is 2. The highest BCUT2D eigenvalue weighted by molar-refractivity contribution is 7.80. The van der Waals surface area contributed by atoms with E-state index in [-0.39, 0.29) is 5.91 Å². The number of thiocarbonyl (C=S) groups is 1. The molecule has 0 spiro atoms. The highest BCUT2D eigenvalue weighted by atomic mass is 35.5. The molecular formula is C18H17Cl2N3OS. The topological polar surface area (TPSA) is 44.4 Å². The van der Waals surface area contributed by atoms with Crippen molar-refractivity contribution in [1.29, 1.82) is 0 Å². The summed E-state index contributed by atoms with van der Waals surface area (Å²) in [4.78, 5) is 13.6. The Bertz CT molecular complexity index is 795. The molecule has 1 heterocycles. The summed E-state index contributed by atoms with van der Waals surface area (Å²) in [7, 11) is 0. The molecule has 25 heavy (non-hydrogen) atoms. The monoisotopic (exact) mass is 393 g/mol. The molecule has 1 saturated heterocycles. The molecule has 0 bridgehead atoms. The van der Waals surface area contributed by atoms with Gasteiger partial charge in [0.15, 0.2) is 5.11 Å². The quantitative estimate of drug-likeness (QED) is 0.744. The predicted octanol–water partition coefficient (Wildman–Crippen LogP) is 4.61. The fourth-order valence-corrected chi connectivity index (χ4v) is 3.33. The molecule has 1 amide bonds. The Labute approximate surface area is 162 Å². The SMILES string of the molecule is O=C1CCCN1c1ccc(NC(=S)NCc2ccc(Cl)cc2Cl)cc1. The van der Waals surface area contributed by atoms with Crippen LogP contribution in [0.15, 0.2) is 42.5 Å². The molecule has 0 unspecified atom stereocenters. The van der Waals surface area contributed by atoms with Crippen LogP contribution in [0.2, 0.25) is 10.0 Å². The lowest BCUT2D eigenvalue weighted by Gasteiger charge is -2.16. The van der Waals surface area contributed by atoms with Crippen LogP contribution in [0.25, 0.3) is 0 Å². The summed E-state index contributed by atoms with van der Waals surface area (Å²) >= 11 is 17.3. The number of amides is 1. The molecule has 2 N–H and O–H groups in total. The van der Waals surface area contributed by atoms with Crippen molar-refractivity contribution in [2.75, 3.05) is 16.8 Å². The Morgan fingerprint density at radius 3 is 2.56 bits per heavy atom. The molecule has 4 nitrogen and oxygen atoms in total. The average Bonchev–Trinajstić information content (AvgIpc) is 3.01. The molecule has 130 valence electrons. The van der Waals surface area contributed by atoms with Crippen molar-refractivity contribution >= 4 is 57.8 Å². The highest BCUT2D eigenvalue weighted by Crippen LogP contribution is 2.23. The second kappa shape index (κ2) is 8.04. The molecule has 0 radical (unpaired) electrons. The first-order chi connectivity index (χ1) is 12.0. The van der Waals surface area contributed by atoms with E-state index in [0.29, 0.717) is 28.1 Å². The number of nitrogens with zero attached hydrogens (tertiary/aromatic N) is 1. The van der Waals surface area contributed by atoms with E-state index >= 15 is 0 Å². The molecule has 1 aliphatic heterocycles. The number of carbonyl (C=O) groups is 1. The van der Waals surface area contributed by atoms with Gasteiger partial charge < -0.3 is 15.5 Å². The third-order valence-electron chi connectivity index (χ3n) is 3.96. The molecule has 2 aromatic carbocycles. The minimum Gasteiger partial charge on any atom is -0.358 e. The predicted molar refractivity (Wildman–Crippen MR) is 108 cm³/mol. The smallest absolute Gasteiger partial charge is 0.227 e. The van der Waals surface area contributed by atoms with Crippen molar-refractivity contribution < 1.29 is 4.79 Å². The largest absolute Gasteiger partial charge is 0.358 e. The molecule has 2 aromatic rings. The van der Waals surface area contributed by atoms with Gasteiger partial charge in [0, 0.05) is 40.9 Å². The van der Waals surface area contributed by atoms with Crippen LogP contribution in [0, 0.1) is 0 Å². The van der Waals surface area contributed by atoms with Gasteiger partial charge in [-0.05, 0) is 60.6 Å². The first-order valence-electron chi connectivity index (χ1n) is 7.92. The lowest BCUT2D eigenvalue weighted by Crippen LogP contribution is -2.28. The van der Waals surface area contributed by atoms with E-state index in [4.69, 9.17) is 35.4 Å². The second-order valence-corrected chi connectivity index (χ2v) is 6.99. The van der Waals surface area contributed by atoms with Crippen molar-refractivity contribution in [3.8, 4) is 0 Å². The zero-order chi connectivity index (χ0) is 17.8. The summed E-state index contributed by atoms with van der Waals surface area (Å²) in [6, 6.07) is 13.0. The van der Waals surface area contributed by atoms with E-state index in [9.17, 15) is 4.79 Å². The fourth-order valence-electron chi connectivity index (χ4n) is 2.66. The normalized spacial score (nSPS) is 13.8. The standard InChI is InChI=1S/C18H17Cl2N3OS/c19-13-4-3-12(16(20)10-13)11-21-18(25)22-14-5-7-15(8-6-14)23-9-1-2-17(23)24/h3-8,10H,1-2,9,11H2,(H2,21,22,25). The number of nitrogens with one attached hydrogen (secondary N) is 2. The minimum absolute atomic E-state index is 0.178. The third kappa shape index (κ3) is 4.63. The Kier molecular flexibility index (Phi) is 5.78. The van der Waals surface area contributed by atoms with Crippen LogP contribution in [-0.4, -0.2) is 17.6 Å². The summed E-state index contributed by atoms with van der Waals surface area (Å²) in [5.41, 5.74) is 2.69. The van der Waals surface area contributed by atoms with Gasteiger partial charge in [0.1, 0.15) is 0 Å². The Balaban J connectivity index is 1.55. The molecule has 0 saturated carbocycles. The molecule has 3 rings (SSSR count). The van der Waals surface area contributed by atoms with E-state index < -0.39 is 0 Å². The first-order valence-corrected chi connectivity index (χ1v) is 9.08. The number of rotatable bonds is 4. The van der Waals surface area contributed by atoms with Crippen LogP contribution >= 0.6 is 35.4 Å². The molecule has 7 heteroatoms. The Morgan fingerprint density at radius 2 is 1.92 bits per heavy atom. The molecule has 0 aliphatic carbocycles. The second-order valence-electron chi connectivity index (χ2n) is 5.74. The summed E-state index contributed by atoms with van der Waals surface area (Å²) in [5, 5.41) is 7.93. The van der Waals surface area contributed by atoms with Gasteiger partial charge in [0.25, 0.3) is 0 Å². The molecule has 1 fully saturated rings. The molecular weight excluding hydrogens is 377 g/mol. The molecule has 1 aliphatic rings. The van der Waals surface area contributed by atoms with Gasteiger partial charge in [-0.3, -0.25) is 4.79 Å². The average molecular weight is 394 g/mol. The van der Waals surface area contributed by atoms with E-state index in [1.54, 1.807) is 12.1 Å². The van der Waals surface area contributed by atoms with Crippen LogP contribution in [0.1, 0.15) is 18.4 Å². The fraction of sp³-hybridized carbons (Fsp3) is 0.222. The molecule has 0 atom stereocenters. The number of benzene rings is 2. The van der Waals surface area contributed by atoms with Crippen LogP contribution in [0.5, 0.6) is 0 Å². The van der Waals surface area contributed by atoms with E-state index in [1.165, 1.54) is 0 Å². The number of anilines is 2. The van der Waals surface area contributed by atoms with Crippen LogP contribution in [-0.2, 0) is 11.3 Å². The molecule has 0 aromatic heterocycles. The van der Waals surface area contributed by atoms with Crippen LogP contribution in [0.3, 0.4) is 0 Å². The Hall–Kier alpha value is -1.82. The summed E-state index contributed by atoms with van der Waals surface area (Å²) in [6.07, 6.45) is 1.54. The number of hydrogen-bond acceptors (Lipinski definition) is 2. The van der Waals surface area contributed by atoms with Gasteiger partial charge in [-0.25, -0.2) is 0 Å². The first kappa shape index (κ1) is 18.0. The summed E-state index contributed by atoms with van der Waals surface area (Å²) in [5.74, 6) is 0.178. The van der Waals surface area contributed by atoms with Crippen molar-refractivity contribution in [2.45, 2.75) is 19.4 Å². The van der Waals surface area contributed by atoms with Crippen molar-refractivity contribution in [2.24, 2.45) is 0 Å². The number of carbonyl (C=O) groups excluding carboxylic acids is 1. The van der Waals surface area contributed by atoms with E-state index in [1.807, 2.05) is 35.2 Å². The lowest BCUT2D eigenvalue weighted by molar-refractivity contribution is -0.117. The highest BCUT2D eigenvalue weighted by Gasteiger charge is 2.21. The van der Waals surface area contributed by atoms with E-state index in [2.05, 4.69) is 10.6 Å². The van der Waals surface area contributed by atoms with Gasteiger partial charge in [0.05, 0.1) is 0 Å². The minimum atomic E-state index is 0.178. The van der Waals surface area contributed by atoms with Crippen LogP contribution in [0.4, 0.5) is 11.4 Å². The van der Waals surface area contributed by atoms with Crippen molar-refractivity contribution in [1.82, 2.24) is 5.32 Å². The van der Waals surface area contributed by atoms with Gasteiger partial charge in [0.2, 0.25) is 5.91 Å². The summed E-state index contributed by atoms with van der Waals surface area (Å²) in [6.45, 7) is 1.29. The maximum atomic E-state index is 11.8. The van der Waals surface area contributed by atoms with Gasteiger partial charge >= 0.3 is 0 Å². The zero-order valence-corrected chi connectivity index (χ0v) is 15.7. The summed E-state index contributed by atoms with van der Waals surface area (Å²) < 4.78 is 0. The van der Waals surface area contributed by atoms with E-state index in [0.717, 1.165) is 29.9 Å². The lowest BCUT2D eigenvalue weighted by atomic mass is 10.2. The maximum Gasteiger partial charge on any atom is 0.227 e. The maximum absolute atomic E-state index is 11.8. The van der Waals surface area contributed by atoms with Crippen molar-refractivity contribution in [3.05, 3.63) is 58.1 Å². The van der Waals surface area contributed by atoms with Gasteiger partial charge in [-0.15, -0.1) is 0 Å². The Morgan fingerprint density at radius 1 is 1.16 bits per heavy atom. The van der Waals surface area contributed by atoms with Gasteiger partial charge in [-0.1, -0.05) is 29.3 Å². The van der Waals surface area contributed by atoms with Gasteiger partial charge in [-0.2, -0.15) is 0 Å².